The molecule has 1 aliphatic carbocycles. The number of carbonyl (C=O) groups excluding carboxylic acids is 2. The summed E-state index contributed by atoms with van der Waals surface area (Å²) in [4.78, 5) is 32.3. The number of nitrogens with one attached hydrogen (secondary N) is 1. The molecule has 0 spiro atoms. The van der Waals surface area contributed by atoms with E-state index in [1.54, 1.807) is 0 Å². The number of esters is 1. The second-order valence-corrected chi connectivity index (χ2v) is 8.33. The molecule has 6 heteroatoms. The van der Waals surface area contributed by atoms with Crippen molar-refractivity contribution in [3.05, 3.63) is 65.4 Å². The number of hydrogen-bond acceptors (Lipinski definition) is 5. The molecule has 3 aromatic rings. The van der Waals surface area contributed by atoms with Crippen LogP contribution in [0.15, 0.2) is 48.5 Å². The van der Waals surface area contributed by atoms with E-state index in [1.165, 1.54) is 0 Å². The second-order valence-electron chi connectivity index (χ2n) is 8.33. The van der Waals surface area contributed by atoms with Gasteiger partial charge in [-0.25, -0.2) is 4.79 Å². The number of amides is 1. The molecule has 1 amide bonds. The minimum absolute atomic E-state index is 0.334. The highest BCUT2D eigenvalue weighted by atomic mass is 16.5. The molecule has 0 radical (unpaired) electrons. The fourth-order valence-electron chi connectivity index (χ4n) is 4.43. The minimum atomic E-state index is -0.470. The average molecular weight is 432 g/mol. The topological polar surface area (TPSA) is 71.5 Å². The lowest BCUT2D eigenvalue weighted by atomic mass is 10.0. The molecule has 166 valence electrons. The number of hydrogen-bond donors (Lipinski definition) is 1. The third-order valence-electron chi connectivity index (χ3n) is 5.90. The summed E-state index contributed by atoms with van der Waals surface area (Å²) >= 11 is 0. The van der Waals surface area contributed by atoms with E-state index < -0.39 is 5.97 Å². The van der Waals surface area contributed by atoms with Crippen LogP contribution >= 0.6 is 0 Å². The highest BCUT2D eigenvalue weighted by molar-refractivity contribution is 6.06. The van der Waals surface area contributed by atoms with Crippen molar-refractivity contribution in [3.8, 4) is 0 Å². The van der Waals surface area contributed by atoms with Crippen LogP contribution in [0.1, 0.15) is 48.8 Å². The molecule has 1 heterocycles. The molecule has 0 fully saturated rings. The maximum Gasteiger partial charge on any atom is 0.339 e. The number of carbonyl (C=O) groups is 2. The van der Waals surface area contributed by atoms with Crippen LogP contribution in [0.3, 0.4) is 0 Å². The fraction of sp³-hybridized carbons (Fsp3) is 0.346. The Bertz CT molecular complexity index is 1140. The molecule has 2 aromatic carbocycles. The van der Waals surface area contributed by atoms with E-state index in [-0.39, 0.29) is 12.5 Å². The normalized spacial score (nSPS) is 12.6. The lowest BCUT2D eigenvalue weighted by Crippen LogP contribution is -2.30. The average Bonchev–Trinajstić information content (AvgIpc) is 3.25. The first-order chi connectivity index (χ1) is 15.5. The van der Waals surface area contributed by atoms with Crippen LogP contribution < -0.4 is 10.2 Å². The van der Waals surface area contributed by atoms with Crippen molar-refractivity contribution >= 4 is 34.2 Å². The van der Waals surface area contributed by atoms with Gasteiger partial charge in [0.2, 0.25) is 0 Å². The quantitative estimate of drug-likeness (QED) is 0.547. The first-order valence-electron chi connectivity index (χ1n) is 11.2. The summed E-state index contributed by atoms with van der Waals surface area (Å²) < 4.78 is 5.42. The van der Waals surface area contributed by atoms with E-state index in [0.29, 0.717) is 17.3 Å². The molecule has 0 saturated heterocycles. The smallest absolute Gasteiger partial charge is 0.339 e. The van der Waals surface area contributed by atoms with Gasteiger partial charge in [0.15, 0.2) is 6.61 Å². The Morgan fingerprint density at radius 2 is 1.84 bits per heavy atom. The molecule has 0 saturated carbocycles. The number of pyridine rings is 1. The second kappa shape index (κ2) is 9.39. The van der Waals surface area contributed by atoms with E-state index in [2.05, 4.69) is 31.0 Å². The predicted octanol–water partition coefficient (Wildman–Crippen LogP) is 4.75. The molecular weight excluding hydrogens is 402 g/mol. The standard InChI is InChI=1S/C26H29N3O3/c1-4-29(17(2)3)19-14-12-18(13-15-19)27-24(30)16-32-26(31)25-20-8-5-6-10-22(20)28-23-11-7-9-21(23)25/h5-6,8,10,12-15,17H,4,7,9,11,16H2,1-3H3,(H,27,30). The summed E-state index contributed by atoms with van der Waals surface area (Å²) in [7, 11) is 0. The van der Waals surface area contributed by atoms with Crippen molar-refractivity contribution in [2.24, 2.45) is 0 Å². The number of benzene rings is 2. The number of aryl methyl sites for hydroxylation is 1. The molecule has 1 aromatic heterocycles. The van der Waals surface area contributed by atoms with Crippen molar-refractivity contribution in [1.82, 2.24) is 4.98 Å². The molecule has 32 heavy (non-hydrogen) atoms. The summed E-state index contributed by atoms with van der Waals surface area (Å²) in [6, 6.07) is 15.7. The first-order valence-corrected chi connectivity index (χ1v) is 11.2. The van der Waals surface area contributed by atoms with Gasteiger partial charge in [-0.3, -0.25) is 9.78 Å². The molecular formula is C26H29N3O3. The van der Waals surface area contributed by atoms with Crippen molar-refractivity contribution in [1.29, 1.82) is 0 Å². The molecule has 1 aliphatic rings. The van der Waals surface area contributed by atoms with Crippen molar-refractivity contribution in [2.75, 3.05) is 23.4 Å². The SMILES string of the molecule is CCN(c1ccc(NC(=O)COC(=O)c2c3c(nc4ccccc24)CCC3)cc1)C(C)C. The van der Waals surface area contributed by atoms with Crippen molar-refractivity contribution in [3.63, 3.8) is 0 Å². The molecule has 0 unspecified atom stereocenters. The maximum absolute atomic E-state index is 13.0. The Hall–Kier alpha value is -3.41. The highest BCUT2D eigenvalue weighted by Crippen LogP contribution is 2.30. The van der Waals surface area contributed by atoms with Crippen LogP contribution in [0.2, 0.25) is 0 Å². The Kier molecular flexibility index (Phi) is 6.40. The number of anilines is 2. The number of fused-ring (bicyclic) bond motifs is 2. The van der Waals surface area contributed by atoms with Crippen LogP contribution in [0.25, 0.3) is 10.9 Å². The monoisotopic (exact) mass is 431 g/mol. The van der Waals surface area contributed by atoms with Gasteiger partial charge in [0.1, 0.15) is 0 Å². The molecule has 1 N–H and O–H groups in total. The lowest BCUT2D eigenvalue weighted by Gasteiger charge is -2.27. The zero-order chi connectivity index (χ0) is 22.7. The number of aromatic nitrogens is 1. The summed E-state index contributed by atoms with van der Waals surface area (Å²) in [5.41, 5.74) is 5.02. The lowest BCUT2D eigenvalue weighted by molar-refractivity contribution is -0.119. The van der Waals surface area contributed by atoms with Gasteiger partial charge in [-0.1, -0.05) is 18.2 Å². The van der Waals surface area contributed by atoms with Crippen LogP contribution in [0.4, 0.5) is 11.4 Å². The fourth-order valence-corrected chi connectivity index (χ4v) is 4.43. The van der Waals surface area contributed by atoms with Gasteiger partial charge < -0.3 is 15.0 Å². The Labute approximate surface area is 188 Å². The maximum atomic E-state index is 13.0. The van der Waals surface area contributed by atoms with E-state index in [0.717, 1.165) is 53.7 Å². The zero-order valence-electron chi connectivity index (χ0n) is 18.9. The van der Waals surface area contributed by atoms with Gasteiger partial charge in [-0.05, 0) is 75.9 Å². The molecule has 4 rings (SSSR count). The van der Waals surface area contributed by atoms with E-state index in [1.807, 2.05) is 48.5 Å². The molecule has 0 aliphatic heterocycles. The van der Waals surface area contributed by atoms with E-state index >= 15 is 0 Å². The third kappa shape index (κ3) is 4.44. The van der Waals surface area contributed by atoms with Crippen molar-refractivity contribution in [2.45, 2.75) is 46.1 Å². The van der Waals surface area contributed by atoms with Gasteiger partial charge in [0.05, 0.1) is 11.1 Å². The van der Waals surface area contributed by atoms with Gasteiger partial charge in [-0.15, -0.1) is 0 Å². The highest BCUT2D eigenvalue weighted by Gasteiger charge is 2.25. The Balaban J connectivity index is 1.43. The van der Waals surface area contributed by atoms with Crippen LogP contribution in [0.5, 0.6) is 0 Å². The summed E-state index contributed by atoms with van der Waals surface area (Å²) in [6.45, 7) is 6.99. The molecule has 6 nitrogen and oxygen atoms in total. The van der Waals surface area contributed by atoms with Gasteiger partial charge in [0.25, 0.3) is 5.91 Å². The van der Waals surface area contributed by atoms with Crippen LogP contribution in [-0.4, -0.2) is 36.1 Å². The van der Waals surface area contributed by atoms with E-state index in [4.69, 9.17) is 9.72 Å². The summed E-state index contributed by atoms with van der Waals surface area (Å²) in [6.07, 6.45) is 2.65. The number of para-hydroxylation sites is 1. The summed E-state index contributed by atoms with van der Waals surface area (Å²) in [5.74, 6) is -0.833. The van der Waals surface area contributed by atoms with Crippen LogP contribution in [0, 0.1) is 0 Å². The minimum Gasteiger partial charge on any atom is -0.452 e. The predicted molar refractivity (Wildman–Crippen MR) is 127 cm³/mol. The van der Waals surface area contributed by atoms with Gasteiger partial charge >= 0.3 is 5.97 Å². The first kappa shape index (κ1) is 21.8. The number of nitrogens with zero attached hydrogens (tertiary/aromatic N) is 2. The summed E-state index contributed by atoms with van der Waals surface area (Å²) in [5, 5.41) is 3.58. The Morgan fingerprint density at radius 3 is 2.56 bits per heavy atom. The Morgan fingerprint density at radius 1 is 1.09 bits per heavy atom. The number of rotatable bonds is 7. The van der Waals surface area contributed by atoms with E-state index in [9.17, 15) is 9.59 Å². The zero-order valence-corrected chi connectivity index (χ0v) is 18.9. The number of ether oxygens (including phenoxy) is 1. The largest absolute Gasteiger partial charge is 0.452 e. The molecule has 0 atom stereocenters. The molecule has 0 bridgehead atoms. The van der Waals surface area contributed by atoms with Gasteiger partial charge in [-0.2, -0.15) is 0 Å². The van der Waals surface area contributed by atoms with Crippen molar-refractivity contribution < 1.29 is 14.3 Å². The van der Waals surface area contributed by atoms with Gasteiger partial charge in [0, 0.05) is 35.0 Å². The van der Waals surface area contributed by atoms with Crippen LogP contribution in [-0.2, 0) is 22.4 Å². The third-order valence-corrected chi connectivity index (χ3v) is 5.90.